The molecular formula is C11H16FN4O2SSe+. The Balaban J connectivity index is 2.48. The second kappa shape index (κ2) is 5.16. The van der Waals surface area contributed by atoms with Crippen LogP contribution in [-0.2, 0) is 10.0 Å². The Kier molecular flexibility index (Phi) is 4.00. The van der Waals surface area contributed by atoms with Crippen LogP contribution in [-0.4, -0.2) is 63.1 Å². The van der Waals surface area contributed by atoms with E-state index in [-0.39, 0.29) is 22.1 Å². The van der Waals surface area contributed by atoms with Crippen molar-refractivity contribution in [3.8, 4) is 0 Å². The number of sulfonamides is 1. The topological polar surface area (TPSA) is 72.0 Å². The summed E-state index contributed by atoms with van der Waals surface area (Å²) in [6.07, 6.45) is -0.329. The average Bonchev–Trinajstić information content (AvgIpc) is 2.76. The molecule has 1 aromatic heterocycles. The van der Waals surface area contributed by atoms with Gasteiger partial charge in [0.1, 0.15) is 0 Å². The zero-order valence-electron chi connectivity index (χ0n) is 11.6. The van der Waals surface area contributed by atoms with Gasteiger partial charge in [-0.3, -0.25) is 0 Å². The minimum atomic E-state index is -3.76. The van der Waals surface area contributed by atoms with Crippen molar-refractivity contribution in [2.75, 3.05) is 21.1 Å². The Morgan fingerprint density at radius 2 is 1.85 bits per heavy atom. The maximum absolute atomic E-state index is 13.5. The number of hydrogen-bond acceptors (Lipinski definition) is 4. The van der Waals surface area contributed by atoms with Gasteiger partial charge in [-0.05, 0) is 0 Å². The van der Waals surface area contributed by atoms with Gasteiger partial charge >= 0.3 is 123 Å². The molecule has 0 aliphatic rings. The van der Waals surface area contributed by atoms with E-state index in [1.807, 2.05) is 21.1 Å². The van der Waals surface area contributed by atoms with E-state index in [1.165, 1.54) is 6.07 Å². The first-order chi connectivity index (χ1) is 9.13. The summed E-state index contributed by atoms with van der Waals surface area (Å²) >= 11 is -0.486. The van der Waals surface area contributed by atoms with Crippen molar-refractivity contribution in [1.29, 1.82) is 0 Å². The summed E-state index contributed by atoms with van der Waals surface area (Å²) in [6, 6.07) is 2.35. The molecule has 2 rings (SSSR count). The fraction of sp³-hybridized carbons (Fsp3) is 0.455. The minimum absolute atomic E-state index is 0.0164. The van der Waals surface area contributed by atoms with Crippen LogP contribution in [0.1, 0.15) is 6.92 Å². The number of fused-ring (bicyclic) bond motifs is 1. The van der Waals surface area contributed by atoms with Gasteiger partial charge in [0, 0.05) is 0 Å². The van der Waals surface area contributed by atoms with Crippen molar-refractivity contribution in [2.24, 2.45) is 0 Å². The van der Waals surface area contributed by atoms with Crippen LogP contribution in [0.25, 0.3) is 11.0 Å². The summed E-state index contributed by atoms with van der Waals surface area (Å²) in [5, 5.41) is 0. The van der Waals surface area contributed by atoms with Gasteiger partial charge in [0.05, 0.1) is 0 Å². The van der Waals surface area contributed by atoms with Gasteiger partial charge in [0.25, 0.3) is 0 Å². The van der Waals surface area contributed by atoms with Gasteiger partial charge in [-0.15, -0.1) is 0 Å². The first kappa shape index (κ1) is 15.5. The molecule has 9 heteroatoms. The third-order valence-electron chi connectivity index (χ3n) is 3.11. The normalized spacial score (nSPS) is 14.7. The number of nitrogens with zero attached hydrogens (tertiary/aromatic N) is 3. The molecule has 0 fully saturated rings. The van der Waals surface area contributed by atoms with Crippen LogP contribution in [0, 0.1) is 5.82 Å². The van der Waals surface area contributed by atoms with Gasteiger partial charge < -0.3 is 0 Å². The molecule has 0 radical (unpaired) electrons. The Hall–Kier alpha value is -0.861. The number of halogens is 1. The average molecular weight is 366 g/mol. The summed E-state index contributed by atoms with van der Waals surface area (Å²) in [5.41, 5.74) is 0.178. The van der Waals surface area contributed by atoms with E-state index < -0.39 is 30.8 Å². The van der Waals surface area contributed by atoms with Crippen molar-refractivity contribution < 1.29 is 17.3 Å². The summed E-state index contributed by atoms with van der Waals surface area (Å²) in [4.78, 5) is -0.0164. The van der Waals surface area contributed by atoms with E-state index in [0.29, 0.717) is 4.48 Å². The molecule has 1 unspecified atom stereocenters. The molecule has 0 saturated heterocycles. The van der Waals surface area contributed by atoms with Crippen LogP contribution < -0.4 is 4.72 Å². The van der Waals surface area contributed by atoms with Gasteiger partial charge in [-0.2, -0.15) is 0 Å². The van der Waals surface area contributed by atoms with Crippen LogP contribution >= 0.6 is 0 Å². The van der Waals surface area contributed by atoms with Gasteiger partial charge in [-0.1, -0.05) is 0 Å². The SMILES string of the molecule is CC(NS(=O)(=O)c1ccc(F)c2n[se]nc12)[N+](C)(C)C. The molecule has 0 amide bonds. The van der Waals surface area contributed by atoms with E-state index in [1.54, 1.807) is 6.92 Å². The maximum atomic E-state index is 13.5. The molecule has 1 aromatic carbocycles. The third-order valence-corrected chi connectivity index (χ3v) is 5.77. The molecule has 0 aliphatic carbocycles. The first-order valence-corrected chi connectivity index (χ1v) is 8.88. The second-order valence-corrected chi connectivity index (χ2v) is 8.21. The Labute approximate surface area is 123 Å². The predicted molar refractivity (Wildman–Crippen MR) is 74.3 cm³/mol. The van der Waals surface area contributed by atoms with E-state index in [2.05, 4.69) is 12.7 Å². The third kappa shape index (κ3) is 2.91. The molecule has 0 aliphatic heterocycles. The summed E-state index contributed by atoms with van der Waals surface area (Å²) in [6.45, 7) is 1.77. The zero-order valence-corrected chi connectivity index (χ0v) is 14.1. The van der Waals surface area contributed by atoms with Gasteiger partial charge in [0.15, 0.2) is 0 Å². The van der Waals surface area contributed by atoms with Gasteiger partial charge in [-0.25, -0.2) is 0 Å². The van der Waals surface area contributed by atoms with E-state index in [4.69, 9.17) is 0 Å². The number of quaternary nitrogens is 1. The van der Waals surface area contributed by atoms with E-state index in [0.717, 1.165) is 6.07 Å². The molecule has 6 nitrogen and oxygen atoms in total. The molecule has 110 valence electrons. The molecule has 1 N–H and O–H groups in total. The second-order valence-electron chi connectivity index (χ2n) is 5.42. The molecule has 0 bridgehead atoms. The van der Waals surface area contributed by atoms with Crippen molar-refractivity contribution in [3.63, 3.8) is 0 Å². The summed E-state index contributed by atoms with van der Waals surface area (Å²) in [7, 11) is 1.88. The number of hydrogen-bond donors (Lipinski definition) is 1. The van der Waals surface area contributed by atoms with Crippen LogP contribution in [0.15, 0.2) is 17.0 Å². The van der Waals surface area contributed by atoms with Crippen LogP contribution in [0.3, 0.4) is 0 Å². The fourth-order valence-electron chi connectivity index (χ4n) is 1.48. The molecule has 0 spiro atoms. The number of rotatable bonds is 4. The summed E-state index contributed by atoms with van der Waals surface area (Å²) in [5.74, 6) is -0.540. The molecule has 20 heavy (non-hydrogen) atoms. The molecule has 1 heterocycles. The van der Waals surface area contributed by atoms with Crippen LogP contribution in [0.5, 0.6) is 0 Å². The fourth-order valence-corrected chi connectivity index (χ4v) is 4.32. The van der Waals surface area contributed by atoms with E-state index >= 15 is 0 Å². The van der Waals surface area contributed by atoms with Crippen LogP contribution in [0.4, 0.5) is 4.39 Å². The zero-order chi connectivity index (χ0) is 15.1. The van der Waals surface area contributed by atoms with Gasteiger partial charge in [0.2, 0.25) is 0 Å². The van der Waals surface area contributed by atoms with Crippen molar-refractivity contribution in [3.05, 3.63) is 17.9 Å². The monoisotopic (exact) mass is 367 g/mol. The first-order valence-electron chi connectivity index (χ1n) is 5.87. The van der Waals surface area contributed by atoms with Crippen molar-refractivity contribution in [2.45, 2.75) is 18.0 Å². The number of benzene rings is 1. The molecule has 2 aromatic rings. The molecule has 1 atom stereocenters. The van der Waals surface area contributed by atoms with Crippen molar-refractivity contribution >= 4 is 36.0 Å². The summed E-state index contributed by atoms with van der Waals surface area (Å²) < 4.78 is 49.4. The van der Waals surface area contributed by atoms with E-state index in [9.17, 15) is 12.8 Å². The standard InChI is InChI=1S/C11H16FN4O2SSe/c1-7(16(2,3)4)13-19(17,18)9-6-5-8(12)10-11(9)15-20-14-10/h5-7,13H,1-4H3/q+1. The van der Waals surface area contributed by atoms with Crippen molar-refractivity contribution in [1.82, 2.24) is 12.7 Å². The number of nitrogens with one attached hydrogen (secondary N) is 1. The quantitative estimate of drug-likeness (QED) is 0.475. The predicted octanol–water partition coefficient (Wildman–Crippen LogP) is 0.156. The Morgan fingerprint density at radius 1 is 1.25 bits per heavy atom. The Morgan fingerprint density at radius 3 is 2.45 bits per heavy atom. The Bertz CT molecular complexity index is 738. The molecule has 0 saturated carbocycles. The number of aromatic nitrogens is 2. The van der Waals surface area contributed by atoms with Crippen LogP contribution in [0.2, 0.25) is 0 Å². The molecular weight excluding hydrogens is 350 g/mol.